The van der Waals surface area contributed by atoms with Crippen LogP contribution < -0.4 is 0 Å². The first-order valence-electron chi connectivity index (χ1n) is 7.18. The second-order valence-electron chi connectivity index (χ2n) is 5.39. The Morgan fingerprint density at radius 3 is 2.95 bits per heavy atom. The van der Waals surface area contributed by atoms with Crippen molar-refractivity contribution in [2.45, 2.75) is 30.5 Å². The summed E-state index contributed by atoms with van der Waals surface area (Å²) in [5, 5.41) is 0.0413. The van der Waals surface area contributed by atoms with E-state index in [-0.39, 0.29) is 17.7 Å². The molecule has 8 heteroatoms. The topological polar surface area (TPSA) is 77.6 Å². The number of hydrogen-bond acceptors (Lipinski definition) is 5. The SMILES string of the molecule is Cn1cnc(S(=O)(=O)N(Cc2ccco2)CC2CCCO2)c1. The number of nitrogens with zero attached hydrogens (tertiary/aromatic N) is 3. The van der Waals surface area contributed by atoms with Gasteiger partial charge in [0.15, 0.2) is 5.03 Å². The molecule has 0 amide bonds. The molecule has 0 spiro atoms. The van der Waals surface area contributed by atoms with Crippen molar-refractivity contribution in [2.24, 2.45) is 7.05 Å². The largest absolute Gasteiger partial charge is 0.468 e. The van der Waals surface area contributed by atoms with Gasteiger partial charge in [-0.1, -0.05) is 0 Å². The number of ether oxygens (including phenoxy) is 1. The van der Waals surface area contributed by atoms with Gasteiger partial charge in [0.05, 0.1) is 25.2 Å². The lowest BCUT2D eigenvalue weighted by atomic mass is 10.2. The molecule has 1 atom stereocenters. The summed E-state index contributed by atoms with van der Waals surface area (Å²) in [4.78, 5) is 3.97. The first kappa shape index (κ1) is 15.3. The number of imidazole rings is 1. The molecule has 2 aromatic rings. The van der Waals surface area contributed by atoms with Crippen LogP contribution in [0.5, 0.6) is 0 Å². The molecule has 0 radical (unpaired) electrons. The summed E-state index contributed by atoms with van der Waals surface area (Å²) in [5.74, 6) is 0.595. The van der Waals surface area contributed by atoms with Crippen LogP contribution in [0.4, 0.5) is 0 Å². The van der Waals surface area contributed by atoms with E-state index in [9.17, 15) is 8.42 Å². The zero-order chi connectivity index (χ0) is 15.6. The lowest BCUT2D eigenvalue weighted by Crippen LogP contribution is -2.37. The Morgan fingerprint density at radius 2 is 2.36 bits per heavy atom. The summed E-state index contributed by atoms with van der Waals surface area (Å²) in [6, 6.07) is 3.50. The average Bonchev–Trinajstić information content (AvgIpc) is 3.19. The Bertz CT molecular complexity index is 702. The van der Waals surface area contributed by atoms with Crippen molar-refractivity contribution in [1.82, 2.24) is 13.9 Å². The third kappa shape index (κ3) is 3.23. The molecule has 1 fully saturated rings. The van der Waals surface area contributed by atoms with Gasteiger partial charge in [0.25, 0.3) is 10.0 Å². The van der Waals surface area contributed by atoms with Crippen LogP contribution in [0, 0.1) is 0 Å². The van der Waals surface area contributed by atoms with E-state index in [0.29, 0.717) is 18.9 Å². The molecule has 22 heavy (non-hydrogen) atoms. The molecular weight excluding hydrogens is 306 g/mol. The van der Waals surface area contributed by atoms with Crippen molar-refractivity contribution in [3.8, 4) is 0 Å². The summed E-state index contributed by atoms with van der Waals surface area (Å²) in [6.45, 7) is 1.16. The second kappa shape index (κ2) is 6.23. The number of rotatable bonds is 6. The van der Waals surface area contributed by atoms with Crippen LogP contribution in [0.3, 0.4) is 0 Å². The molecule has 3 rings (SSSR count). The van der Waals surface area contributed by atoms with Gasteiger partial charge in [-0.15, -0.1) is 0 Å². The normalized spacial score (nSPS) is 19.1. The molecule has 1 unspecified atom stereocenters. The molecular formula is C14H19N3O4S. The van der Waals surface area contributed by atoms with Crippen molar-refractivity contribution >= 4 is 10.0 Å². The Labute approximate surface area is 129 Å². The first-order chi connectivity index (χ1) is 10.6. The average molecular weight is 325 g/mol. The summed E-state index contributed by atoms with van der Waals surface area (Å²) in [5.41, 5.74) is 0. The minimum atomic E-state index is -3.68. The van der Waals surface area contributed by atoms with Crippen molar-refractivity contribution < 1.29 is 17.6 Å². The zero-order valence-electron chi connectivity index (χ0n) is 12.4. The smallest absolute Gasteiger partial charge is 0.262 e. The molecule has 1 aliphatic heterocycles. The fraction of sp³-hybridized carbons (Fsp3) is 0.500. The number of aromatic nitrogens is 2. The molecule has 120 valence electrons. The van der Waals surface area contributed by atoms with E-state index in [4.69, 9.17) is 9.15 Å². The van der Waals surface area contributed by atoms with E-state index < -0.39 is 10.0 Å². The summed E-state index contributed by atoms with van der Waals surface area (Å²) in [6.07, 6.45) is 6.26. The highest BCUT2D eigenvalue weighted by molar-refractivity contribution is 7.89. The monoisotopic (exact) mass is 325 g/mol. The minimum Gasteiger partial charge on any atom is -0.468 e. The van der Waals surface area contributed by atoms with Gasteiger partial charge in [0.1, 0.15) is 5.76 Å². The van der Waals surface area contributed by atoms with Gasteiger partial charge >= 0.3 is 0 Å². The fourth-order valence-corrected chi connectivity index (χ4v) is 3.90. The molecule has 0 bridgehead atoms. The van der Waals surface area contributed by atoms with Crippen LogP contribution in [0.1, 0.15) is 18.6 Å². The van der Waals surface area contributed by atoms with Crippen molar-refractivity contribution in [1.29, 1.82) is 0 Å². The Balaban J connectivity index is 1.85. The van der Waals surface area contributed by atoms with Crippen LogP contribution in [0.2, 0.25) is 0 Å². The standard InChI is InChI=1S/C14H19N3O4S/c1-16-10-14(15-11-16)22(18,19)17(8-12-4-2-6-20-12)9-13-5-3-7-21-13/h2,4,6,10-11,13H,3,5,7-9H2,1H3. The van der Waals surface area contributed by atoms with E-state index in [1.54, 1.807) is 23.7 Å². The number of sulfonamides is 1. The van der Waals surface area contributed by atoms with Crippen LogP contribution in [0.15, 0.2) is 40.4 Å². The molecule has 1 aliphatic rings. The van der Waals surface area contributed by atoms with Crippen LogP contribution in [-0.4, -0.2) is 41.5 Å². The van der Waals surface area contributed by atoms with E-state index in [0.717, 1.165) is 12.8 Å². The third-order valence-corrected chi connectivity index (χ3v) is 5.33. The molecule has 0 aliphatic carbocycles. The highest BCUT2D eigenvalue weighted by Gasteiger charge is 2.31. The molecule has 0 N–H and O–H groups in total. The molecule has 2 aromatic heterocycles. The minimum absolute atomic E-state index is 0.0413. The van der Waals surface area contributed by atoms with Gasteiger partial charge in [-0.25, -0.2) is 13.4 Å². The number of aryl methyl sites for hydroxylation is 1. The van der Waals surface area contributed by atoms with E-state index >= 15 is 0 Å². The van der Waals surface area contributed by atoms with Gasteiger partial charge in [-0.05, 0) is 25.0 Å². The van der Waals surface area contributed by atoms with E-state index in [1.807, 2.05) is 0 Å². The van der Waals surface area contributed by atoms with Crippen molar-refractivity contribution in [3.63, 3.8) is 0 Å². The first-order valence-corrected chi connectivity index (χ1v) is 8.62. The summed E-state index contributed by atoms with van der Waals surface area (Å²) >= 11 is 0. The summed E-state index contributed by atoms with van der Waals surface area (Å²) < 4.78 is 39.5. The third-order valence-electron chi connectivity index (χ3n) is 3.63. The molecule has 1 saturated heterocycles. The maximum Gasteiger partial charge on any atom is 0.262 e. The second-order valence-corrected chi connectivity index (χ2v) is 7.27. The predicted molar refractivity (Wildman–Crippen MR) is 78.5 cm³/mol. The highest BCUT2D eigenvalue weighted by Crippen LogP contribution is 2.21. The van der Waals surface area contributed by atoms with Crippen LogP contribution >= 0.6 is 0 Å². The Morgan fingerprint density at radius 1 is 1.50 bits per heavy atom. The van der Waals surface area contributed by atoms with E-state index in [1.165, 1.54) is 23.1 Å². The lowest BCUT2D eigenvalue weighted by Gasteiger charge is -2.23. The van der Waals surface area contributed by atoms with Crippen LogP contribution in [0.25, 0.3) is 0 Å². The zero-order valence-corrected chi connectivity index (χ0v) is 13.2. The molecule has 3 heterocycles. The quantitative estimate of drug-likeness (QED) is 0.802. The van der Waals surface area contributed by atoms with Crippen molar-refractivity contribution in [3.05, 3.63) is 36.7 Å². The molecule has 7 nitrogen and oxygen atoms in total. The number of furan rings is 1. The molecule has 0 saturated carbocycles. The van der Waals surface area contributed by atoms with Crippen LogP contribution in [-0.2, 0) is 28.4 Å². The predicted octanol–water partition coefficient (Wildman–Crippen LogP) is 1.38. The van der Waals surface area contributed by atoms with E-state index in [2.05, 4.69) is 4.98 Å². The van der Waals surface area contributed by atoms with Gasteiger partial charge in [0.2, 0.25) is 0 Å². The number of hydrogen-bond donors (Lipinski definition) is 0. The maximum absolute atomic E-state index is 12.8. The van der Waals surface area contributed by atoms with Gasteiger partial charge in [-0.3, -0.25) is 0 Å². The van der Waals surface area contributed by atoms with Gasteiger partial charge in [0, 0.05) is 26.4 Å². The Hall–Kier alpha value is -1.64. The van der Waals surface area contributed by atoms with Crippen molar-refractivity contribution in [2.75, 3.05) is 13.2 Å². The highest BCUT2D eigenvalue weighted by atomic mass is 32.2. The molecule has 0 aromatic carbocycles. The summed E-state index contributed by atoms with van der Waals surface area (Å²) in [7, 11) is -1.94. The van der Waals surface area contributed by atoms with Gasteiger partial charge < -0.3 is 13.7 Å². The fourth-order valence-electron chi connectivity index (χ4n) is 2.49. The van der Waals surface area contributed by atoms with Gasteiger partial charge in [-0.2, -0.15) is 4.31 Å². The lowest BCUT2D eigenvalue weighted by molar-refractivity contribution is 0.0913. The maximum atomic E-state index is 12.8. The Kier molecular flexibility index (Phi) is 4.32.